The normalized spacial score (nSPS) is 17.4. The van der Waals surface area contributed by atoms with Crippen LogP contribution in [0.3, 0.4) is 0 Å². The van der Waals surface area contributed by atoms with Crippen LogP contribution in [0.5, 0.6) is 17.2 Å². The van der Waals surface area contributed by atoms with Crippen molar-refractivity contribution in [1.29, 1.82) is 0 Å². The number of rotatable bonds is 6. The molecule has 1 aromatic rings. The highest BCUT2D eigenvalue weighted by Gasteiger charge is 2.41. The summed E-state index contributed by atoms with van der Waals surface area (Å²) in [5.74, 6) is -0.0982. The van der Waals surface area contributed by atoms with Crippen molar-refractivity contribution < 1.29 is 23.8 Å². The van der Waals surface area contributed by atoms with E-state index >= 15 is 0 Å². The van der Waals surface area contributed by atoms with E-state index in [0.717, 1.165) is 19.6 Å². The summed E-state index contributed by atoms with van der Waals surface area (Å²) in [6.07, 6.45) is 2.37. The highest BCUT2D eigenvalue weighted by Crippen LogP contribution is 2.47. The lowest BCUT2D eigenvalue weighted by Gasteiger charge is -2.22. The number of methoxy groups -OCH3 is 3. The summed E-state index contributed by atoms with van der Waals surface area (Å²) in [4.78, 5) is 28.7. The van der Waals surface area contributed by atoms with Crippen molar-refractivity contribution in [3.8, 4) is 17.2 Å². The lowest BCUT2D eigenvalue weighted by molar-refractivity contribution is -0.114. The molecule has 7 nitrogen and oxygen atoms in total. The maximum atomic E-state index is 12.5. The molecule has 2 aliphatic rings. The van der Waals surface area contributed by atoms with Crippen LogP contribution in [0.15, 0.2) is 6.07 Å². The van der Waals surface area contributed by atoms with Crippen LogP contribution in [0.25, 0.3) is 0 Å². The van der Waals surface area contributed by atoms with Gasteiger partial charge in [-0.25, -0.2) is 0 Å². The summed E-state index contributed by atoms with van der Waals surface area (Å²) in [5, 5.41) is 0. The van der Waals surface area contributed by atoms with Gasteiger partial charge in [0, 0.05) is 19.2 Å². The third kappa shape index (κ3) is 2.58. The Balaban J connectivity index is 1.98. The Morgan fingerprint density at radius 2 is 1.62 bits per heavy atom. The summed E-state index contributed by atoms with van der Waals surface area (Å²) in [7, 11) is 4.43. The second-order valence-electron chi connectivity index (χ2n) is 5.87. The van der Waals surface area contributed by atoms with Gasteiger partial charge in [-0.3, -0.25) is 9.59 Å². The minimum Gasteiger partial charge on any atom is -0.493 e. The van der Waals surface area contributed by atoms with E-state index in [4.69, 9.17) is 14.2 Å². The summed E-state index contributed by atoms with van der Waals surface area (Å²) >= 11 is 0. The Kier molecular flexibility index (Phi) is 4.62. The first kappa shape index (κ1) is 16.6. The van der Waals surface area contributed by atoms with E-state index in [-0.39, 0.29) is 11.3 Å². The first-order valence-electron chi connectivity index (χ1n) is 8.03. The van der Waals surface area contributed by atoms with Crippen molar-refractivity contribution in [2.45, 2.75) is 12.8 Å². The molecule has 0 unspecified atom stereocenters. The Morgan fingerprint density at radius 1 is 0.958 bits per heavy atom. The van der Waals surface area contributed by atoms with Gasteiger partial charge >= 0.3 is 0 Å². The molecule has 2 heterocycles. The average molecular weight is 334 g/mol. The van der Waals surface area contributed by atoms with E-state index in [1.165, 1.54) is 39.1 Å². The molecule has 130 valence electrons. The number of Topliss-reactive ketones (excluding diaryl/α,β-unsaturated/α-hetero) is 1. The number of anilines is 1. The largest absolute Gasteiger partial charge is 0.493 e. The van der Waals surface area contributed by atoms with Crippen LogP contribution in [-0.4, -0.2) is 64.1 Å². The highest BCUT2D eigenvalue weighted by molar-refractivity contribution is 6.53. The fourth-order valence-corrected chi connectivity index (χ4v) is 3.38. The zero-order chi connectivity index (χ0) is 17.3. The van der Waals surface area contributed by atoms with Gasteiger partial charge in [0.25, 0.3) is 11.7 Å². The first-order chi connectivity index (χ1) is 11.6. The van der Waals surface area contributed by atoms with Gasteiger partial charge in [0.1, 0.15) is 0 Å². The molecule has 7 heteroatoms. The molecule has 1 amide bonds. The van der Waals surface area contributed by atoms with Crippen LogP contribution in [0.1, 0.15) is 23.2 Å². The van der Waals surface area contributed by atoms with Gasteiger partial charge in [-0.05, 0) is 25.9 Å². The molecule has 1 fully saturated rings. The molecule has 0 atom stereocenters. The van der Waals surface area contributed by atoms with Gasteiger partial charge in [0.2, 0.25) is 5.75 Å². The third-order valence-corrected chi connectivity index (χ3v) is 4.60. The van der Waals surface area contributed by atoms with E-state index in [2.05, 4.69) is 4.90 Å². The predicted octanol–water partition coefficient (Wildman–Crippen LogP) is 1.34. The summed E-state index contributed by atoms with van der Waals surface area (Å²) in [6.45, 7) is 3.29. The number of likely N-dealkylation sites (tertiary alicyclic amines) is 1. The summed E-state index contributed by atoms with van der Waals surface area (Å²) in [5.41, 5.74) is 0.778. The molecule has 0 saturated carbocycles. The lowest BCUT2D eigenvalue weighted by Crippen LogP contribution is -2.37. The van der Waals surface area contributed by atoms with Crippen molar-refractivity contribution in [1.82, 2.24) is 4.90 Å². The van der Waals surface area contributed by atoms with Gasteiger partial charge < -0.3 is 24.0 Å². The highest BCUT2D eigenvalue weighted by atomic mass is 16.5. The van der Waals surface area contributed by atoms with Gasteiger partial charge in [-0.1, -0.05) is 0 Å². The number of ether oxygens (including phenoxy) is 3. The Hall–Kier alpha value is -2.28. The molecule has 1 aromatic carbocycles. The van der Waals surface area contributed by atoms with E-state index in [9.17, 15) is 9.59 Å². The van der Waals surface area contributed by atoms with Crippen LogP contribution >= 0.6 is 0 Å². The number of ketones is 1. The maximum Gasteiger partial charge on any atom is 0.299 e. The molecule has 0 bridgehead atoms. The average Bonchev–Trinajstić information content (AvgIpc) is 3.19. The van der Waals surface area contributed by atoms with Crippen LogP contribution in [0, 0.1) is 0 Å². The number of fused-ring (bicyclic) bond motifs is 1. The smallest absolute Gasteiger partial charge is 0.299 e. The Bertz CT molecular complexity index is 667. The molecule has 3 rings (SSSR count). The number of amides is 1. The molecule has 0 N–H and O–H groups in total. The number of hydrogen-bond donors (Lipinski definition) is 0. The standard InChI is InChI=1S/C17H22N2O5/c1-22-12-10-11-13(16(24-3)15(12)23-2)14(20)17(21)19(11)9-8-18-6-4-5-7-18/h10H,4-9H2,1-3H3. The van der Waals surface area contributed by atoms with Gasteiger partial charge in [-0.15, -0.1) is 0 Å². The van der Waals surface area contributed by atoms with Gasteiger partial charge in [0.05, 0.1) is 32.6 Å². The molecule has 0 spiro atoms. The quantitative estimate of drug-likeness (QED) is 0.731. The fraction of sp³-hybridized carbons (Fsp3) is 0.529. The number of hydrogen-bond acceptors (Lipinski definition) is 6. The minimum atomic E-state index is -0.566. The zero-order valence-corrected chi connectivity index (χ0v) is 14.3. The van der Waals surface area contributed by atoms with Crippen molar-refractivity contribution in [3.05, 3.63) is 11.6 Å². The molecular formula is C17H22N2O5. The Morgan fingerprint density at radius 3 is 2.21 bits per heavy atom. The van der Waals surface area contributed by atoms with Crippen molar-refractivity contribution >= 4 is 17.4 Å². The SMILES string of the molecule is COc1cc2c(c(OC)c1OC)C(=O)C(=O)N2CCN1CCCC1. The first-order valence-corrected chi connectivity index (χ1v) is 8.03. The number of nitrogens with zero attached hydrogens (tertiary/aromatic N) is 2. The molecule has 0 aliphatic carbocycles. The lowest BCUT2D eigenvalue weighted by atomic mass is 10.1. The van der Waals surface area contributed by atoms with E-state index in [1.54, 1.807) is 6.07 Å². The molecular weight excluding hydrogens is 312 g/mol. The molecule has 2 aliphatic heterocycles. The van der Waals surface area contributed by atoms with Crippen molar-refractivity contribution in [2.75, 3.05) is 52.4 Å². The third-order valence-electron chi connectivity index (χ3n) is 4.60. The summed E-state index contributed by atoms with van der Waals surface area (Å²) in [6, 6.07) is 1.67. The number of carbonyl (C=O) groups excluding carboxylic acids is 2. The predicted molar refractivity (Wildman–Crippen MR) is 88.5 cm³/mol. The Labute approximate surface area is 141 Å². The second-order valence-corrected chi connectivity index (χ2v) is 5.87. The van der Waals surface area contributed by atoms with Crippen LogP contribution < -0.4 is 19.1 Å². The van der Waals surface area contributed by atoms with Gasteiger partial charge in [0.15, 0.2) is 11.5 Å². The van der Waals surface area contributed by atoms with Crippen LogP contribution in [0.4, 0.5) is 5.69 Å². The monoisotopic (exact) mass is 334 g/mol. The fourth-order valence-electron chi connectivity index (χ4n) is 3.38. The molecule has 0 radical (unpaired) electrons. The van der Waals surface area contributed by atoms with Crippen molar-refractivity contribution in [2.24, 2.45) is 0 Å². The van der Waals surface area contributed by atoms with Crippen LogP contribution in [0.2, 0.25) is 0 Å². The molecule has 1 saturated heterocycles. The maximum absolute atomic E-state index is 12.5. The van der Waals surface area contributed by atoms with Crippen LogP contribution in [-0.2, 0) is 4.79 Å². The van der Waals surface area contributed by atoms with Crippen molar-refractivity contribution in [3.63, 3.8) is 0 Å². The summed E-state index contributed by atoms with van der Waals surface area (Å²) < 4.78 is 16.0. The minimum absolute atomic E-state index is 0.244. The van der Waals surface area contributed by atoms with E-state index in [0.29, 0.717) is 23.7 Å². The molecule has 0 aromatic heterocycles. The second kappa shape index (κ2) is 6.68. The number of carbonyl (C=O) groups is 2. The molecule has 24 heavy (non-hydrogen) atoms. The van der Waals surface area contributed by atoms with E-state index in [1.807, 2.05) is 0 Å². The van der Waals surface area contributed by atoms with E-state index < -0.39 is 11.7 Å². The topological polar surface area (TPSA) is 68.3 Å². The van der Waals surface area contributed by atoms with Gasteiger partial charge in [-0.2, -0.15) is 0 Å². The zero-order valence-electron chi connectivity index (χ0n) is 14.3. The number of benzene rings is 1.